The lowest BCUT2D eigenvalue weighted by atomic mass is 10.1. The Morgan fingerprint density at radius 1 is 1.08 bits per heavy atom. The summed E-state index contributed by atoms with van der Waals surface area (Å²) in [5, 5.41) is 8.35. The molecule has 0 saturated heterocycles. The summed E-state index contributed by atoms with van der Waals surface area (Å²) in [5.41, 5.74) is 0.721. The Morgan fingerprint density at radius 2 is 1.75 bits per heavy atom. The molecule has 1 aliphatic rings. The van der Waals surface area contributed by atoms with Crippen molar-refractivity contribution in [2.75, 3.05) is 5.01 Å². The Labute approximate surface area is 144 Å². The number of amidine groups is 1. The summed E-state index contributed by atoms with van der Waals surface area (Å²) < 4.78 is 0. The van der Waals surface area contributed by atoms with Gasteiger partial charge in [0.2, 0.25) is 5.91 Å². The number of carbonyl (C=O) groups excluding carboxylic acids is 2. The zero-order chi connectivity index (χ0) is 17.2. The van der Waals surface area contributed by atoms with Gasteiger partial charge in [-0.2, -0.15) is 10.1 Å². The smallest absolute Gasteiger partial charge is 0.255 e. The molecule has 5 heteroatoms. The molecule has 0 atom stereocenters. The SMILES string of the molecule is CCCCCCCCCC(=O)NC1=NN(c2ccccc2)C(=O)C1. The van der Waals surface area contributed by atoms with Crippen molar-refractivity contribution >= 4 is 23.3 Å². The first-order valence-corrected chi connectivity index (χ1v) is 8.96. The summed E-state index contributed by atoms with van der Waals surface area (Å²) in [7, 11) is 0. The Bertz CT molecular complexity index is 569. The third kappa shape index (κ3) is 5.80. The molecule has 1 N–H and O–H groups in total. The summed E-state index contributed by atoms with van der Waals surface area (Å²) in [6, 6.07) is 9.25. The maximum Gasteiger partial charge on any atom is 0.255 e. The number of unbranched alkanes of at least 4 members (excludes halogenated alkanes) is 6. The minimum atomic E-state index is -0.118. The highest BCUT2D eigenvalue weighted by Gasteiger charge is 2.25. The van der Waals surface area contributed by atoms with Crippen LogP contribution in [0.2, 0.25) is 0 Å². The van der Waals surface area contributed by atoms with Crippen molar-refractivity contribution in [3.05, 3.63) is 30.3 Å². The Kier molecular flexibility index (Phi) is 7.46. The van der Waals surface area contributed by atoms with Gasteiger partial charge in [0.25, 0.3) is 5.91 Å². The second-order valence-corrected chi connectivity index (χ2v) is 6.18. The average Bonchev–Trinajstić information content (AvgIpc) is 2.95. The Balaban J connectivity index is 1.69. The van der Waals surface area contributed by atoms with E-state index in [4.69, 9.17) is 0 Å². The maximum absolute atomic E-state index is 12.0. The molecule has 1 aromatic rings. The molecule has 0 radical (unpaired) electrons. The largest absolute Gasteiger partial charge is 0.312 e. The van der Waals surface area contributed by atoms with Gasteiger partial charge < -0.3 is 5.32 Å². The van der Waals surface area contributed by atoms with Gasteiger partial charge in [-0.15, -0.1) is 0 Å². The van der Waals surface area contributed by atoms with Gasteiger partial charge >= 0.3 is 0 Å². The van der Waals surface area contributed by atoms with E-state index in [1.54, 1.807) is 0 Å². The van der Waals surface area contributed by atoms with E-state index < -0.39 is 0 Å². The number of amides is 2. The molecule has 0 aliphatic carbocycles. The zero-order valence-electron chi connectivity index (χ0n) is 14.5. The van der Waals surface area contributed by atoms with E-state index in [2.05, 4.69) is 17.3 Å². The molecular formula is C19H27N3O2. The minimum Gasteiger partial charge on any atom is -0.312 e. The van der Waals surface area contributed by atoms with Crippen LogP contribution in [-0.4, -0.2) is 17.6 Å². The van der Waals surface area contributed by atoms with Crippen LogP contribution in [0.4, 0.5) is 5.69 Å². The molecule has 0 fully saturated rings. The van der Waals surface area contributed by atoms with Crippen molar-refractivity contribution in [3.8, 4) is 0 Å². The summed E-state index contributed by atoms with van der Waals surface area (Å²) in [5.74, 6) is 0.272. The predicted molar refractivity (Wildman–Crippen MR) is 96.7 cm³/mol. The van der Waals surface area contributed by atoms with E-state index in [0.29, 0.717) is 12.3 Å². The van der Waals surface area contributed by atoms with Gasteiger partial charge in [0.05, 0.1) is 12.1 Å². The van der Waals surface area contributed by atoms with E-state index in [9.17, 15) is 9.59 Å². The average molecular weight is 329 g/mol. The first-order chi connectivity index (χ1) is 11.7. The van der Waals surface area contributed by atoms with E-state index in [1.807, 2.05) is 30.3 Å². The Hall–Kier alpha value is -2.17. The number of nitrogens with one attached hydrogen (secondary N) is 1. The van der Waals surface area contributed by atoms with Crippen molar-refractivity contribution < 1.29 is 9.59 Å². The third-order valence-corrected chi connectivity index (χ3v) is 4.07. The number of para-hydroxylation sites is 1. The molecule has 130 valence electrons. The number of hydrogen-bond acceptors (Lipinski definition) is 3. The number of carbonyl (C=O) groups is 2. The molecule has 24 heavy (non-hydrogen) atoms. The van der Waals surface area contributed by atoms with Crippen LogP contribution in [0.15, 0.2) is 35.4 Å². The second kappa shape index (κ2) is 9.85. The summed E-state index contributed by atoms with van der Waals surface area (Å²) in [4.78, 5) is 24.0. The first-order valence-electron chi connectivity index (χ1n) is 8.96. The fraction of sp³-hybridized carbons (Fsp3) is 0.526. The van der Waals surface area contributed by atoms with E-state index >= 15 is 0 Å². The van der Waals surface area contributed by atoms with Crippen LogP contribution in [0.5, 0.6) is 0 Å². The molecule has 0 unspecified atom stereocenters. The minimum absolute atomic E-state index is 0.0509. The number of nitrogens with zero attached hydrogens (tertiary/aromatic N) is 2. The number of rotatable bonds is 9. The van der Waals surface area contributed by atoms with Gasteiger partial charge in [0.15, 0.2) is 0 Å². The van der Waals surface area contributed by atoms with Gasteiger partial charge in [-0.05, 0) is 18.6 Å². The summed E-state index contributed by atoms with van der Waals surface area (Å²) in [6.07, 6.45) is 8.90. The molecule has 2 amide bonds. The maximum atomic E-state index is 12.0. The van der Waals surface area contributed by atoms with Gasteiger partial charge in [-0.3, -0.25) is 9.59 Å². The summed E-state index contributed by atoms with van der Waals surface area (Å²) in [6.45, 7) is 2.21. The molecule has 0 saturated carbocycles. The number of hydrazone groups is 1. The van der Waals surface area contributed by atoms with E-state index in [-0.39, 0.29) is 18.2 Å². The van der Waals surface area contributed by atoms with Crippen LogP contribution < -0.4 is 10.3 Å². The van der Waals surface area contributed by atoms with E-state index in [1.165, 1.54) is 37.1 Å². The first kappa shape index (κ1) is 18.2. The molecule has 0 bridgehead atoms. The van der Waals surface area contributed by atoms with Gasteiger partial charge in [-0.1, -0.05) is 63.6 Å². The molecule has 1 heterocycles. The highest BCUT2D eigenvalue weighted by molar-refractivity contribution is 6.15. The van der Waals surface area contributed by atoms with Gasteiger partial charge in [0, 0.05) is 6.42 Å². The van der Waals surface area contributed by atoms with E-state index in [0.717, 1.165) is 18.5 Å². The molecular weight excluding hydrogens is 302 g/mol. The molecule has 1 aliphatic heterocycles. The van der Waals surface area contributed by atoms with Crippen LogP contribution >= 0.6 is 0 Å². The van der Waals surface area contributed by atoms with Crippen LogP contribution in [-0.2, 0) is 9.59 Å². The molecule has 0 aromatic heterocycles. The molecule has 1 aromatic carbocycles. The topological polar surface area (TPSA) is 61.8 Å². The van der Waals surface area contributed by atoms with Crippen molar-refractivity contribution in [1.29, 1.82) is 0 Å². The second-order valence-electron chi connectivity index (χ2n) is 6.18. The van der Waals surface area contributed by atoms with Crippen LogP contribution in [0.3, 0.4) is 0 Å². The van der Waals surface area contributed by atoms with Gasteiger partial charge in [0.1, 0.15) is 5.84 Å². The van der Waals surface area contributed by atoms with Crippen molar-refractivity contribution in [2.45, 2.75) is 64.7 Å². The van der Waals surface area contributed by atoms with Crippen LogP contribution in [0, 0.1) is 0 Å². The number of benzene rings is 1. The van der Waals surface area contributed by atoms with Crippen LogP contribution in [0.1, 0.15) is 64.7 Å². The molecule has 2 rings (SSSR count). The predicted octanol–water partition coefficient (Wildman–Crippen LogP) is 3.99. The quantitative estimate of drug-likeness (QED) is 0.696. The van der Waals surface area contributed by atoms with Crippen LogP contribution in [0.25, 0.3) is 0 Å². The third-order valence-electron chi connectivity index (χ3n) is 4.07. The highest BCUT2D eigenvalue weighted by Crippen LogP contribution is 2.19. The lowest BCUT2D eigenvalue weighted by molar-refractivity contribution is -0.119. The fourth-order valence-electron chi connectivity index (χ4n) is 2.74. The zero-order valence-corrected chi connectivity index (χ0v) is 14.5. The van der Waals surface area contributed by atoms with Crippen molar-refractivity contribution in [1.82, 2.24) is 5.32 Å². The monoisotopic (exact) mass is 329 g/mol. The normalized spacial score (nSPS) is 14.0. The fourth-order valence-corrected chi connectivity index (χ4v) is 2.74. The molecule has 5 nitrogen and oxygen atoms in total. The lowest BCUT2D eigenvalue weighted by Crippen LogP contribution is -2.29. The standard InChI is InChI=1S/C19H27N3O2/c1-2-3-4-5-6-7-11-14-18(23)20-17-15-19(24)22(21-17)16-12-9-8-10-13-16/h8-10,12-13H,2-7,11,14-15H2,1H3,(H,20,21,23). The number of hydrogen-bond donors (Lipinski definition) is 1. The Morgan fingerprint density at radius 3 is 2.46 bits per heavy atom. The summed E-state index contributed by atoms with van der Waals surface area (Å²) >= 11 is 0. The lowest BCUT2D eigenvalue weighted by Gasteiger charge is -2.10. The molecule has 0 spiro atoms. The van der Waals surface area contributed by atoms with Crippen molar-refractivity contribution in [2.24, 2.45) is 5.10 Å². The highest BCUT2D eigenvalue weighted by atomic mass is 16.2. The van der Waals surface area contributed by atoms with Crippen molar-refractivity contribution in [3.63, 3.8) is 0 Å². The number of anilines is 1. The van der Waals surface area contributed by atoms with Gasteiger partial charge in [-0.25, -0.2) is 0 Å².